The molecule has 4 N–H and O–H groups in total. The molecular formula is C20H18N4OS. The van der Waals surface area contributed by atoms with Crippen molar-refractivity contribution < 1.29 is 4.79 Å². The number of nitriles is 1. The summed E-state index contributed by atoms with van der Waals surface area (Å²) in [4.78, 5) is 13.0. The number of carbonyl (C=O) groups is 1. The van der Waals surface area contributed by atoms with Crippen molar-refractivity contribution in [1.82, 2.24) is 0 Å². The molecule has 3 aromatic rings. The Morgan fingerprint density at radius 1 is 1.12 bits per heavy atom. The Morgan fingerprint density at radius 2 is 1.85 bits per heavy atom. The molecule has 0 bridgehead atoms. The van der Waals surface area contributed by atoms with Gasteiger partial charge in [0.15, 0.2) is 0 Å². The fourth-order valence-corrected chi connectivity index (χ4v) is 3.52. The first-order chi connectivity index (χ1) is 12.5. The average molecular weight is 362 g/mol. The Hall–Kier alpha value is -3.30. The third kappa shape index (κ3) is 3.39. The summed E-state index contributed by atoms with van der Waals surface area (Å²) >= 11 is 1.17. The van der Waals surface area contributed by atoms with Gasteiger partial charge in [0, 0.05) is 11.4 Å². The molecule has 0 fully saturated rings. The highest BCUT2D eigenvalue weighted by Crippen LogP contribution is 2.37. The van der Waals surface area contributed by atoms with Gasteiger partial charge in [0.25, 0.3) is 5.91 Å². The second-order valence-corrected chi connectivity index (χ2v) is 6.87. The molecule has 0 aliphatic heterocycles. The molecule has 0 saturated carbocycles. The van der Waals surface area contributed by atoms with Gasteiger partial charge in [0.2, 0.25) is 0 Å². The molecule has 130 valence electrons. The summed E-state index contributed by atoms with van der Waals surface area (Å²) in [6.07, 6.45) is 0. The van der Waals surface area contributed by atoms with Crippen molar-refractivity contribution in [3.8, 4) is 6.07 Å². The second-order valence-electron chi connectivity index (χ2n) is 5.85. The number of nitrogens with two attached hydrogens (primary N) is 1. The Bertz CT molecular complexity index is 1000. The number of rotatable bonds is 4. The lowest BCUT2D eigenvalue weighted by Gasteiger charge is -2.09. The number of thiophene rings is 1. The predicted octanol–water partition coefficient (Wildman–Crippen LogP) is 4.81. The first-order valence-corrected chi connectivity index (χ1v) is 8.85. The van der Waals surface area contributed by atoms with Gasteiger partial charge < -0.3 is 16.4 Å². The molecule has 6 heteroatoms. The molecule has 0 radical (unpaired) electrons. The summed E-state index contributed by atoms with van der Waals surface area (Å²) < 4.78 is 0. The second kappa shape index (κ2) is 7.30. The lowest BCUT2D eigenvalue weighted by Crippen LogP contribution is -2.13. The summed E-state index contributed by atoms with van der Waals surface area (Å²) in [6.45, 7) is 3.94. The van der Waals surface area contributed by atoms with Crippen molar-refractivity contribution in [2.75, 3.05) is 16.4 Å². The number of nitrogen functional groups attached to an aromatic ring is 1. The van der Waals surface area contributed by atoms with E-state index in [2.05, 4.69) is 16.7 Å². The lowest BCUT2D eigenvalue weighted by atomic mass is 10.1. The number of carbonyl (C=O) groups excluding carboxylic acids is 1. The fourth-order valence-electron chi connectivity index (χ4n) is 2.53. The van der Waals surface area contributed by atoms with Gasteiger partial charge in [-0.15, -0.1) is 11.3 Å². The third-order valence-electron chi connectivity index (χ3n) is 4.15. The van der Waals surface area contributed by atoms with E-state index >= 15 is 0 Å². The number of hydrogen-bond donors (Lipinski definition) is 3. The van der Waals surface area contributed by atoms with E-state index < -0.39 is 0 Å². The first kappa shape index (κ1) is 17.5. The predicted molar refractivity (Wildman–Crippen MR) is 107 cm³/mol. The maximum atomic E-state index is 12.7. The van der Waals surface area contributed by atoms with E-state index in [9.17, 15) is 10.1 Å². The van der Waals surface area contributed by atoms with Crippen LogP contribution in [0.2, 0.25) is 0 Å². The van der Waals surface area contributed by atoms with Gasteiger partial charge in [0.1, 0.15) is 21.5 Å². The van der Waals surface area contributed by atoms with E-state index in [0.29, 0.717) is 9.88 Å². The minimum Gasteiger partial charge on any atom is -0.396 e. The Balaban J connectivity index is 1.91. The summed E-state index contributed by atoms with van der Waals surface area (Å²) in [5.41, 5.74) is 10.2. The van der Waals surface area contributed by atoms with Crippen LogP contribution >= 0.6 is 11.3 Å². The van der Waals surface area contributed by atoms with E-state index in [0.717, 1.165) is 22.5 Å². The van der Waals surface area contributed by atoms with Gasteiger partial charge in [-0.1, -0.05) is 30.3 Å². The fraction of sp³-hybridized carbons (Fsp3) is 0.100. The SMILES string of the molecule is Cc1cccc(NC(=O)c2sc(Nc3ccccc3)c(C#N)c2N)c1C. The molecule has 2 aromatic carbocycles. The molecule has 0 unspecified atom stereocenters. The molecule has 26 heavy (non-hydrogen) atoms. The number of benzene rings is 2. The topological polar surface area (TPSA) is 90.9 Å². The van der Waals surface area contributed by atoms with Crippen LogP contribution in [0.4, 0.5) is 22.1 Å². The maximum absolute atomic E-state index is 12.7. The molecule has 5 nitrogen and oxygen atoms in total. The summed E-state index contributed by atoms with van der Waals surface area (Å²) in [6, 6.07) is 17.3. The number of para-hydroxylation sites is 1. The van der Waals surface area contributed by atoms with Crippen LogP contribution in [-0.4, -0.2) is 5.91 Å². The molecule has 0 aliphatic carbocycles. The molecular weight excluding hydrogens is 344 g/mol. The monoisotopic (exact) mass is 362 g/mol. The number of aryl methyl sites for hydroxylation is 1. The summed E-state index contributed by atoms with van der Waals surface area (Å²) in [7, 11) is 0. The Labute approximate surface area is 156 Å². The minimum atomic E-state index is -0.321. The van der Waals surface area contributed by atoms with Crippen LogP contribution in [0.15, 0.2) is 48.5 Å². The normalized spacial score (nSPS) is 10.2. The van der Waals surface area contributed by atoms with Gasteiger partial charge >= 0.3 is 0 Å². The van der Waals surface area contributed by atoms with Crippen molar-refractivity contribution in [3.05, 3.63) is 70.1 Å². The number of nitrogens with one attached hydrogen (secondary N) is 2. The maximum Gasteiger partial charge on any atom is 0.267 e. The highest BCUT2D eigenvalue weighted by Gasteiger charge is 2.21. The molecule has 3 rings (SSSR count). The first-order valence-electron chi connectivity index (χ1n) is 8.03. The van der Waals surface area contributed by atoms with Gasteiger partial charge in [-0.05, 0) is 43.2 Å². The number of amides is 1. The zero-order valence-corrected chi connectivity index (χ0v) is 15.3. The summed E-state index contributed by atoms with van der Waals surface area (Å²) in [5.74, 6) is -0.321. The highest BCUT2D eigenvalue weighted by atomic mass is 32.1. The molecule has 1 amide bonds. The molecule has 0 saturated heterocycles. The third-order valence-corrected chi connectivity index (χ3v) is 5.27. The van der Waals surface area contributed by atoms with E-state index in [1.165, 1.54) is 11.3 Å². The van der Waals surface area contributed by atoms with E-state index in [-0.39, 0.29) is 17.2 Å². The van der Waals surface area contributed by atoms with Crippen LogP contribution in [0.5, 0.6) is 0 Å². The quantitative estimate of drug-likeness (QED) is 0.621. The van der Waals surface area contributed by atoms with Crippen molar-refractivity contribution in [3.63, 3.8) is 0 Å². The van der Waals surface area contributed by atoms with Gasteiger partial charge in [0.05, 0.1) is 5.69 Å². The zero-order valence-electron chi connectivity index (χ0n) is 14.5. The number of nitrogens with zero attached hydrogens (tertiary/aromatic N) is 1. The van der Waals surface area contributed by atoms with Crippen LogP contribution in [0.1, 0.15) is 26.4 Å². The zero-order chi connectivity index (χ0) is 18.7. The van der Waals surface area contributed by atoms with E-state index in [1.54, 1.807) is 0 Å². The van der Waals surface area contributed by atoms with Crippen molar-refractivity contribution in [2.45, 2.75) is 13.8 Å². The van der Waals surface area contributed by atoms with E-state index in [4.69, 9.17) is 5.73 Å². The van der Waals surface area contributed by atoms with Gasteiger partial charge in [-0.2, -0.15) is 5.26 Å². The van der Waals surface area contributed by atoms with Crippen molar-refractivity contribution in [1.29, 1.82) is 5.26 Å². The molecule has 0 atom stereocenters. The van der Waals surface area contributed by atoms with Crippen molar-refractivity contribution >= 4 is 39.3 Å². The standard InChI is InChI=1S/C20H18N4OS/c1-12-7-6-10-16(13(12)2)24-19(25)18-17(22)15(11-21)20(26-18)23-14-8-4-3-5-9-14/h3-10,23H,22H2,1-2H3,(H,24,25). The minimum absolute atomic E-state index is 0.193. The molecule has 0 aliphatic rings. The molecule has 1 aromatic heterocycles. The average Bonchev–Trinajstić information content (AvgIpc) is 2.95. The van der Waals surface area contributed by atoms with Crippen LogP contribution in [0, 0.1) is 25.2 Å². The number of hydrogen-bond acceptors (Lipinski definition) is 5. The van der Waals surface area contributed by atoms with Gasteiger partial charge in [-0.25, -0.2) is 0 Å². The van der Waals surface area contributed by atoms with Crippen LogP contribution in [-0.2, 0) is 0 Å². The van der Waals surface area contributed by atoms with Crippen LogP contribution in [0.25, 0.3) is 0 Å². The number of anilines is 4. The largest absolute Gasteiger partial charge is 0.396 e. The molecule has 0 spiro atoms. The lowest BCUT2D eigenvalue weighted by molar-refractivity contribution is 0.103. The van der Waals surface area contributed by atoms with E-state index in [1.807, 2.05) is 62.4 Å². The van der Waals surface area contributed by atoms with Crippen molar-refractivity contribution in [2.24, 2.45) is 0 Å². The molecule has 1 heterocycles. The smallest absolute Gasteiger partial charge is 0.267 e. The van der Waals surface area contributed by atoms with Gasteiger partial charge in [-0.3, -0.25) is 4.79 Å². The van der Waals surface area contributed by atoms with Crippen LogP contribution in [0.3, 0.4) is 0 Å². The Morgan fingerprint density at radius 3 is 2.54 bits per heavy atom. The van der Waals surface area contributed by atoms with Crippen LogP contribution < -0.4 is 16.4 Å². The highest BCUT2D eigenvalue weighted by molar-refractivity contribution is 7.19. The Kier molecular flexibility index (Phi) is 4.92. The summed E-state index contributed by atoms with van der Waals surface area (Å²) in [5, 5.41) is 16.1.